The maximum atomic E-state index is 10.2. The van der Waals surface area contributed by atoms with E-state index in [2.05, 4.69) is 0 Å². The largest absolute Gasteiger partial charge is 0.508 e. The first-order valence-corrected chi connectivity index (χ1v) is 5.78. The Bertz CT molecular complexity index is 458. The Kier molecular flexibility index (Phi) is 6.18. The number of benzene rings is 1. The van der Waals surface area contributed by atoms with Crippen LogP contribution in [0.15, 0.2) is 24.3 Å². The Morgan fingerprint density at radius 1 is 1.24 bits per heavy atom. The summed E-state index contributed by atoms with van der Waals surface area (Å²) in [5, 5.41) is 17.4. The van der Waals surface area contributed by atoms with E-state index < -0.39 is 16.4 Å². The van der Waals surface area contributed by atoms with Gasteiger partial charge in [0.1, 0.15) is 5.75 Å². The molecule has 0 saturated carbocycles. The second-order valence-electron chi connectivity index (χ2n) is 3.01. The standard InChI is InChI=1S/C9H10O3.H2O4S/c10-8-3-1-2-7(6-8)4-5-9(11)12;1-5(2,3)4/h1-3,6,10H,4-5H2,(H,11,12);(H2,1,2,3,4). The van der Waals surface area contributed by atoms with Crippen molar-refractivity contribution in [2.24, 2.45) is 0 Å². The first kappa shape index (κ1) is 15.4. The van der Waals surface area contributed by atoms with Crippen LogP contribution < -0.4 is 0 Å². The molecule has 0 unspecified atom stereocenters. The molecule has 0 spiro atoms. The molecule has 0 atom stereocenters. The highest BCUT2D eigenvalue weighted by Crippen LogP contribution is 2.12. The molecular weight excluding hydrogens is 252 g/mol. The molecular formula is C9H12O7S. The molecule has 7 nitrogen and oxygen atoms in total. The predicted octanol–water partition coefficient (Wildman–Crippen LogP) is 0.757. The summed E-state index contributed by atoms with van der Waals surface area (Å²) in [6.07, 6.45) is 0.563. The number of carboxylic acid groups (broad SMARTS) is 1. The normalized spacial score (nSPS) is 10.2. The van der Waals surface area contributed by atoms with E-state index in [9.17, 15) is 4.79 Å². The smallest absolute Gasteiger partial charge is 0.394 e. The van der Waals surface area contributed by atoms with Gasteiger partial charge < -0.3 is 10.2 Å². The second kappa shape index (κ2) is 6.84. The fourth-order valence-electron chi connectivity index (χ4n) is 0.963. The minimum absolute atomic E-state index is 0.101. The molecule has 0 bridgehead atoms. The van der Waals surface area contributed by atoms with E-state index in [0.717, 1.165) is 5.56 Å². The van der Waals surface area contributed by atoms with Crippen molar-refractivity contribution in [1.29, 1.82) is 0 Å². The minimum Gasteiger partial charge on any atom is -0.508 e. The summed E-state index contributed by atoms with van der Waals surface area (Å²) in [4.78, 5) is 10.2. The lowest BCUT2D eigenvalue weighted by Crippen LogP contribution is -1.96. The molecule has 0 radical (unpaired) electrons. The van der Waals surface area contributed by atoms with Gasteiger partial charge in [-0.15, -0.1) is 0 Å². The SMILES string of the molecule is O=C(O)CCc1cccc(O)c1.O=S(=O)(O)O. The zero-order chi connectivity index (χ0) is 13.5. The molecule has 0 aliphatic heterocycles. The maximum Gasteiger partial charge on any atom is 0.394 e. The Balaban J connectivity index is 0.000000437. The molecule has 0 fully saturated rings. The number of hydrogen-bond donors (Lipinski definition) is 4. The van der Waals surface area contributed by atoms with Gasteiger partial charge in [0.25, 0.3) is 0 Å². The highest BCUT2D eigenvalue weighted by Gasteiger charge is 1.98. The Morgan fingerprint density at radius 2 is 1.76 bits per heavy atom. The number of carbonyl (C=O) groups is 1. The van der Waals surface area contributed by atoms with Crippen molar-refractivity contribution in [1.82, 2.24) is 0 Å². The van der Waals surface area contributed by atoms with Crippen molar-refractivity contribution in [2.45, 2.75) is 12.8 Å². The maximum absolute atomic E-state index is 10.2. The molecule has 1 aromatic rings. The number of aryl methyl sites for hydroxylation is 1. The first-order chi connectivity index (χ1) is 7.68. The molecule has 8 heteroatoms. The summed E-state index contributed by atoms with van der Waals surface area (Å²) in [6, 6.07) is 6.63. The molecule has 0 saturated heterocycles. The molecule has 0 amide bonds. The lowest BCUT2D eigenvalue weighted by molar-refractivity contribution is -0.136. The van der Waals surface area contributed by atoms with Gasteiger partial charge in [-0.1, -0.05) is 12.1 Å². The van der Waals surface area contributed by atoms with Gasteiger partial charge in [0.15, 0.2) is 0 Å². The molecule has 1 rings (SSSR count). The van der Waals surface area contributed by atoms with Crippen LogP contribution in [-0.4, -0.2) is 33.7 Å². The van der Waals surface area contributed by atoms with Gasteiger partial charge in [-0.2, -0.15) is 8.42 Å². The highest BCUT2D eigenvalue weighted by atomic mass is 32.3. The second-order valence-corrected chi connectivity index (χ2v) is 3.91. The van der Waals surface area contributed by atoms with Crippen molar-refractivity contribution in [3.8, 4) is 5.75 Å². The quantitative estimate of drug-likeness (QED) is 0.592. The summed E-state index contributed by atoms with van der Waals surface area (Å²) < 4.78 is 31.6. The van der Waals surface area contributed by atoms with Gasteiger partial charge in [0, 0.05) is 6.42 Å². The van der Waals surface area contributed by atoms with Crippen LogP contribution in [0.2, 0.25) is 0 Å². The summed E-state index contributed by atoms with van der Waals surface area (Å²) >= 11 is 0. The van der Waals surface area contributed by atoms with E-state index in [-0.39, 0.29) is 12.2 Å². The van der Waals surface area contributed by atoms with E-state index in [1.54, 1.807) is 24.3 Å². The minimum atomic E-state index is -4.67. The van der Waals surface area contributed by atoms with Crippen LogP contribution in [0, 0.1) is 0 Å². The zero-order valence-corrected chi connectivity index (χ0v) is 9.46. The lowest BCUT2D eigenvalue weighted by atomic mass is 10.1. The third-order valence-electron chi connectivity index (χ3n) is 1.54. The number of carboxylic acids is 1. The van der Waals surface area contributed by atoms with Crippen LogP contribution in [0.4, 0.5) is 0 Å². The molecule has 17 heavy (non-hydrogen) atoms. The van der Waals surface area contributed by atoms with Crippen LogP contribution >= 0.6 is 0 Å². The summed E-state index contributed by atoms with van der Waals surface area (Å²) in [5.41, 5.74) is 0.845. The number of aliphatic carboxylic acids is 1. The number of rotatable bonds is 3. The molecule has 0 aliphatic carbocycles. The van der Waals surface area contributed by atoms with Crippen molar-refractivity contribution in [3.63, 3.8) is 0 Å². The number of phenolic OH excluding ortho intramolecular Hbond substituents is 1. The predicted molar refractivity (Wildman–Crippen MR) is 58.2 cm³/mol. The Hall–Kier alpha value is -1.64. The van der Waals surface area contributed by atoms with Gasteiger partial charge in [-0.3, -0.25) is 13.9 Å². The molecule has 96 valence electrons. The topological polar surface area (TPSA) is 132 Å². The fourth-order valence-corrected chi connectivity index (χ4v) is 0.963. The first-order valence-electron chi connectivity index (χ1n) is 4.38. The highest BCUT2D eigenvalue weighted by molar-refractivity contribution is 7.79. The van der Waals surface area contributed by atoms with Crippen LogP contribution in [-0.2, 0) is 21.6 Å². The van der Waals surface area contributed by atoms with Crippen LogP contribution in [0.1, 0.15) is 12.0 Å². The van der Waals surface area contributed by atoms with E-state index >= 15 is 0 Å². The summed E-state index contributed by atoms with van der Waals surface area (Å²) in [7, 11) is -4.67. The number of hydrogen-bond acceptors (Lipinski definition) is 4. The van der Waals surface area contributed by atoms with Crippen molar-refractivity contribution in [2.75, 3.05) is 0 Å². The van der Waals surface area contributed by atoms with Gasteiger partial charge in [0.2, 0.25) is 0 Å². The van der Waals surface area contributed by atoms with Gasteiger partial charge in [-0.25, -0.2) is 0 Å². The lowest BCUT2D eigenvalue weighted by Gasteiger charge is -1.98. The molecule has 0 aromatic heterocycles. The third kappa shape index (κ3) is 12.3. The number of aromatic hydroxyl groups is 1. The van der Waals surface area contributed by atoms with E-state index in [0.29, 0.717) is 6.42 Å². The summed E-state index contributed by atoms with van der Waals surface area (Å²) in [6.45, 7) is 0. The van der Waals surface area contributed by atoms with Crippen molar-refractivity contribution >= 4 is 16.4 Å². The monoisotopic (exact) mass is 264 g/mol. The third-order valence-corrected chi connectivity index (χ3v) is 1.54. The average Bonchev–Trinajstić information content (AvgIpc) is 2.12. The Labute approximate surface area is 97.9 Å². The molecule has 1 aromatic carbocycles. The number of phenols is 1. The van der Waals surface area contributed by atoms with Crippen LogP contribution in [0.25, 0.3) is 0 Å². The van der Waals surface area contributed by atoms with Crippen molar-refractivity contribution < 1.29 is 32.5 Å². The summed E-state index contributed by atoms with van der Waals surface area (Å²) in [5.74, 6) is -0.642. The van der Waals surface area contributed by atoms with E-state index in [1.807, 2.05) is 0 Å². The van der Waals surface area contributed by atoms with Gasteiger partial charge >= 0.3 is 16.4 Å². The van der Waals surface area contributed by atoms with Gasteiger partial charge in [0.05, 0.1) is 0 Å². The fraction of sp³-hybridized carbons (Fsp3) is 0.222. The van der Waals surface area contributed by atoms with Gasteiger partial charge in [-0.05, 0) is 24.1 Å². The Morgan fingerprint density at radius 3 is 2.18 bits per heavy atom. The average molecular weight is 264 g/mol. The molecule has 4 N–H and O–H groups in total. The van der Waals surface area contributed by atoms with Crippen molar-refractivity contribution in [3.05, 3.63) is 29.8 Å². The van der Waals surface area contributed by atoms with Crippen LogP contribution in [0.5, 0.6) is 5.75 Å². The van der Waals surface area contributed by atoms with E-state index in [4.69, 9.17) is 27.7 Å². The van der Waals surface area contributed by atoms with E-state index in [1.165, 1.54) is 0 Å². The molecule has 0 aliphatic rings. The van der Waals surface area contributed by atoms with Crippen LogP contribution in [0.3, 0.4) is 0 Å². The molecule has 0 heterocycles. The zero-order valence-electron chi connectivity index (χ0n) is 8.65.